The molecular formula is C23H22N4O3. The fourth-order valence-electron chi connectivity index (χ4n) is 4.44. The molecule has 7 heteroatoms. The van der Waals surface area contributed by atoms with Gasteiger partial charge in [-0.25, -0.2) is 4.68 Å². The monoisotopic (exact) mass is 402 g/mol. The number of ether oxygens (including phenoxy) is 2. The number of fused-ring (bicyclic) bond motifs is 1. The van der Waals surface area contributed by atoms with Gasteiger partial charge in [-0.3, -0.25) is 4.79 Å². The summed E-state index contributed by atoms with van der Waals surface area (Å²) in [7, 11) is 3.21. The number of nitrogens with zero attached hydrogens (tertiary/aromatic N) is 3. The lowest BCUT2D eigenvalue weighted by Gasteiger charge is -2.35. The number of allylic oxidation sites excluding steroid dienone is 2. The molecule has 30 heavy (non-hydrogen) atoms. The molecule has 2 heterocycles. The topological polar surface area (TPSA) is 78.3 Å². The quantitative estimate of drug-likeness (QED) is 0.717. The minimum Gasteiger partial charge on any atom is -0.493 e. The Labute approximate surface area is 174 Å². The second kappa shape index (κ2) is 7.33. The van der Waals surface area contributed by atoms with Crippen LogP contribution in [-0.2, 0) is 4.79 Å². The lowest BCUT2D eigenvalue weighted by Crippen LogP contribution is -2.33. The van der Waals surface area contributed by atoms with Gasteiger partial charge in [0.15, 0.2) is 17.3 Å². The molecule has 0 amide bonds. The van der Waals surface area contributed by atoms with Crippen molar-refractivity contribution < 1.29 is 14.3 Å². The van der Waals surface area contributed by atoms with Crippen LogP contribution < -0.4 is 14.8 Å². The Hall–Kier alpha value is -3.61. The van der Waals surface area contributed by atoms with Crippen LogP contribution in [0.2, 0.25) is 0 Å². The maximum Gasteiger partial charge on any atom is 0.226 e. The van der Waals surface area contributed by atoms with Crippen LogP contribution in [0.25, 0.3) is 0 Å². The Morgan fingerprint density at radius 1 is 1.00 bits per heavy atom. The number of methoxy groups -OCH3 is 2. The summed E-state index contributed by atoms with van der Waals surface area (Å²) in [5, 5.41) is 7.75. The molecule has 0 radical (unpaired) electrons. The van der Waals surface area contributed by atoms with Crippen LogP contribution in [0.5, 0.6) is 11.5 Å². The number of rotatable bonds is 4. The number of nitrogens with one attached hydrogen (secondary N) is 1. The highest BCUT2D eigenvalue weighted by Crippen LogP contribution is 2.44. The molecule has 2 aliphatic rings. The van der Waals surface area contributed by atoms with Gasteiger partial charge in [0.2, 0.25) is 5.95 Å². The summed E-state index contributed by atoms with van der Waals surface area (Å²) in [5.41, 5.74) is 3.74. The largest absolute Gasteiger partial charge is 0.493 e. The van der Waals surface area contributed by atoms with Crippen LogP contribution in [0.3, 0.4) is 0 Å². The summed E-state index contributed by atoms with van der Waals surface area (Å²) in [6.45, 7) is 0. The zero-order valence-corrected chi connectivity index (χ0v) is 16.8. The number of benzene rings is 2. The van der Waals surface area contributed by atoms with Gasteiger partial charge in [0.1, 0.15) is 12.4 Å². The van der Waals surface area contributed by atoms with Crippen molar-refractivity contribution in [2.75, 3.05) is 19.5 Å². The number of carbonyl (C=O) groups is 1. The third-order valence-corrected chi connectivity index (χ3v) is 5.86. The number of Topliss-reactive ketones (excluding diaryl/α,β-unsaturated/α-hetero) is 1. The van der Waals surface area contributed by atoms with E-state index < -0.39 is 0 Å². The highest BCUT2D eigenvalue weighted by atomic mass is 16.5. The van der Waals surface area contributed by atoms with Crippen LogP contribution in [-0.4, -0.2) is 34.8 Å². The molecule has 1 aromatic heterocycles. The molecule has 0 spiro atoms. The van der Waals surface area contributed by atoms with Gasteiger partial charge in [0.05, 0.1) is 14.2 Å². The number of ketones is 1. The van der Waals surface area contributed by atoms with E-state index in [0.29, 0.717) is 23.9 Å². The molecule has 0 fully saturated rings. The lowest BCUT2D eigenvalue weighted by atomic mass is 9.78. The summed E-state index contributed by atoms with van der Waals surface area (Å²) >= 11 is 0. The third-order valence-electron chi connectivity index (χ3n) is 5.86. The molecule has 0 unspecified atom stereocenters. The number of aromatic nitrogens is 3. The molecule has 1 aliphatic carbocycles. The maximum absolute atomic E-state index is 13.4. The Kier molecular flexibility index (Phi) is 4.50. The fourth-order valence-corrected chi connectivity index (χ4v) is 4.44. The van der Waals surface area contributed by atoms with Gasteiger partial charge in [-0.15, -0.1) is 0 Å². The van der Waals surface area contributed by atoms with Gasteiger partial charge < -0.3 is 14.8 Å². The van der Waals surface area contributed by atoms with E-state index in [9.17, 15) is 4.79 Å². The zero-order chi connectivity index (χ0) is 20.7. The minimum absolute atomic E-state index is 0.124. The minimum atomic E-state index is -0.359. The predicted molar refractivity (Wildman–Crippen MR) is 112 cm³/mol. The Balaban J connectivity index is 1.61. The second-order valence-corrected chi connectivity index (χ2v) is 7.50. The standard InChI is InChI=1S/C23H22N4O3/c1-29-19-9-8-15(12-20(19)30-2)22-21-17(26-23-24-13-25-27(22)23)10-16(11-18(21)28)14-6-4-3-5-7-14/h3-9,12-13,16,22H,10-11H2,1-2H3,(H,24,25,26)/t16-,22+/m1/s1. The molecule has 2 aromatic carbocycles. The summed E-state index contributed by atoms with van der Waals surface area (Å²) in [6, 6.07) is 15.5. The normalized spacial score (nSPS) is 20.3. The molecule has 5 rings (SSSR count). The lowest BCUT2D eigenvalue weighted by molar-refractivity contribution is -0.116. The molecule has 2 atom stereocenters. The van der Waals surface area contributed by atoms with E-state index in [0.717, 1.165) is 23.3 Å². The van der Waals surface area contributed by atoms with E-state index >= 15 is 0 Å². The highest BCUT2D eigenvalue weighted by Gasteiger charge is 2.39. The molecule has 3 aromatic rings. The van der Waals surface area contributed by atoms with Crippen molar-refractivity contribution in [1.29, 1.82) is 0 Å². The SMILES string of the molecule is COc1ccc([C@H]2C3=C(C[C@@H](c4ccccc4)CC3=O)Nc3ncnn32)cc1OC. The molecular weight excluding hydrogens is 380 g/mol. The van der Waals surface area contributed by atoms with Crippen molar-refractivity contribution in [2.24, 2.45) is 0 Å². The van der Waals surface area contributed by atoms with Crippen LogP contribution in [0.1, 0.15) is 35.9 Å². The van der Waals surface area contributed by atoms with Gasteiger partial charge in [-0.05, 0) is 35.6 Å². The summed E-state index contributed by atoms with van der Waals surface area (Å²) < 4.78 is 12.6. The first-order chi connectivity index (χ1) is 14.7. The number of carbonyl (C=O) groups excluding carboxylic acids is 1. The van der Waals surface area contributed by atoms with Crippen molar-refractivity contribution in [3.05, 3.63) is 77.3 Å². The fraction of sp³-hybridized carbons (Fsp3) is 0.261. The number of hydrogen-bond acceptors (Lipinski definition) is 6. The molecule has 7 nitrogen and oxygen atoms in total. The number of hydrogen-bond donors (Lipinski definition) is 1. The first-order valence-corrected chi connectivity index (χ1v) is 9.89. The van der Waals surface area contributed by atoms with E-state index in [1.54, 1.807) is 18.9 Å². The Morgan fingerprint density at radius 2 is 1.80 bits per heavy atom. The molecule has 1 aliphatic heterocycles. The van der Waals surface area contributed by atoms with Crippen molar-refractivity contribution in [2.45, 2.75) is 24.8 Å². The predicted octanol–water partition coefficient (Wildman–Crippen LogP) is 3.71. The summed E-state index contributed by atoms with van der Waals surface area (Å²) in [4.78, 5) is 17.8. The van der Waals surface area contributed by atoms with Gasteiger partial charge in [-0.1, -0.05) is 36.4 Å². The zero-order valence-electron chi connectivity index (χ0n) is 16.8. The third kappa shape index (κ3) is 2.94. The highest BCUT2D eigenvalue weighted by molar-refractivity contribution is 6.00. The van der Waals surface area contributed by atoms with Gasteiger partial charge in [0.25, 0.3) is 0 Å². The van der Waals surface area contributed by atoms with Gasteiger partial charge in [0, 0.05) is 17.7 Å². The van der Waals surface area contributed by atoms with Gasteiger partial charge in [-0.2, -0.15) is 10.1 Å². The molecule has 0 bridgehead atoms. The molecule has 0 saturated heterocycles. The van der Waals surface area contributed by atoms with E-state index in [4.69, 9.17) is 9.47 Å². The van der Waals surface area contributed by atoms with Crippen LogP contribution in [0.15, 0.2) is 66.1 Å². The first kappa shape index (κ1) is 18.4. The van der Waals surface area contributed by atoms with Crippen LogP contribution >= 0.6 is 0 Å². The molecule has 0 saturated carbocycles. The summed E-state index contributed by atoms with van der Waals surface area (Å²) in [6.07, 6.45) is 2.73. The van der Waals surface area contributed by atoms with E-state index in [-0.39, 0.29) is 17.7 Å². The van der Waals surface area contributed by atoms with Crippen LogP contribution in [0.4, 0.5) is 5.95 Å². The van der Waals surface area contributed by atoms with Crippen molar-refractivity contribution in [3.63, 3.8) is 0 Å². The molecule has 1 N–H and O–H groups in total. The van der Waals surface area contributed by atoms with E-state index in [2.05, 4.69) is 27.5 Å². The van der Waals surface area contributed by atoms with Gasteiger partial charge >= 0.3 is 0 Å². The first-order valence-electron chi connectivity index (χ1n) is 9.89. The number of anilines is 1. The van der Waals surface area contributed by atoms with Crippen molar-refractivity contribution in [1.82, 2.24) is 14.8 Å². The Morgan fingerprint density at radius 3 is 2.57 bits per heavy atom. The molecule has 152 valence electrons. The smallest absolute Gasteiger partial charge is 0.226 e. The average Bonchev–Trinajstić information content (AvgIpc) is 3.25. The van der Waals surface area contributed by atoms with Crippen molar-refractivity contribution in [3.8, 4) is 11.5 Å². The van der Waals surface area contributed by atoms with E-state index in [1.165, 1.54) is 11.9 Å². The van der Waals surface area contributed by atoms with Crippen LogP contribution in [0, 0.1) is 0 Å². The second-order valence-electron chi connectivity index (χ2n) is 7.50. The maximum atomic E-state index is 13.4. The average molecular weight is 402 g/mol. The van der Waals surface area contributed by atoms with Crippen molar-refractivity contribution >= 4 is 11.7 Å². The summed E-state index contributed by atoms with van der Waals surface area (Å²) in [5.74, 6) is 2.16. The van der Waals surface area contributed by atoms with E-state index in [1.807, 2.05) is 36.4 Å². The Bertz CT molecular complexity index is 1140.